The van der Waals surface area contributed by atoms with Crippen molar-refractivity contribution in [1.29, 1.82) is 0 Å². The lowest BCUT2D eigenvalue weighted by molar-refractivity contribution is -0.166. The van der Waals surface area contributed by atoms with Gasteiger partial charge in [0.2, 0.25) is 11.5 Å². The second-order valence-electron chi connectivity index (χ2n) is 3.97. The maximum absolute atomic E-state index is 12.4. The number of halogens is 12. The number of carbonyl (C=O) groups is 2. The predicted molar refractivity (Wildman–Crippen MR) is 60.2 cm³/mol. The van der Waals surface area contributed by atoms with Gasteiger partial charge in [-0.2, -0.15) is 52.7 Å². The molecule has 0 bridgehead atoms. The molecule has 0 rings (SSSR count). The minimum atomic E-state index is -5.82. The van der Waals surface area contributed by atoms with Crippen LogP contribution >= 0.6 is 12.3 Å². The van der Waals surface area contributed by atoms with Gasteiger partial charge in [0.1, 0.15) is 0 Å². The van der Waals surface area contributed by atoms with E-state index in [4.69, 9.17) is 0 Å². The monoisotopic (exact) mass is 446 g/mol. The maximum Gasteiger partial charge on any atom is 0.454 e. The quantitative estimate of drug-likeness (QED) is 0.256. The number of carbonyl (C=O) groups excluding carboxylic acids is 2. The summed E-state index contributed by atoms with van der Waals surface area (Å²) in [5, 5.41) is 0. The topological polar surface area (TPSA) is 52.6 Å². The molecule has 0 aromatic heterocycles. The van der Waals surface area contributed by atoms with Gasteiger partial charge in [-0.1, -0.05) is 0 Å². The standard InChI is InChI=1S/C10H2F12O4S/c11-7(12,13)3(23)1-5(9(17,18)19)25-27-26-6(10(20,21)22)2-4(24)8(14,15)16/h1-2H/b5-1-,6-2-. The first-order valence-corrected chi connectivity index (χ1v) is 6.24. The van der Waals surface area contributed by atoms with E-state index in [-0.39, 0.29) is 0 Å². The number of hydrogen-bond donors (Lipinski definition) is 0. The van der Waals surface area contributed by atoms with Crippen LogP contribution in [0.4, 0.5) is 52.7 Å². The van der Waals surface area contributed by atoms with Gasteiger partial charge in [-0.15, -0.1) is 0 Å². The van der Waals surface area contributed by atoms with E-state index in [2.05, 4.69) is 8.37 Å². The van der Waals surface area contributed by atoms with Gasteiger partial charge in [-0.25, -0.2) is 0 Å². The Morgan fingerprint density at radius 3 is 1.00 bits per heavy atom. The van der Waals surface area contributed by atoms with E-state index in [0.29, 0.717) is 0 Å². The molecule has 0 heterocycles. The second-order valence-corrected chi connectivity index (χ2v) is 4.44. The lowest BCUT2D eigenvalue weighted by Gasteiger charge is -2.14. The molecule has 0 aliphatic carbocycles. The van der Waals surface area contributed by atoms with Crippen molar-refractivity contribution in [3.8, 4) is 0 Å². The molecule has 0 amide bonds. The van der Waals surface area contributed by atoms with Crippen molar-refractivity contribution in [3.05, 3.63) is 23.7 Å². The van der Waals surface area contributed by atoms with Crippen molar-refractivity contribution in [2.45, 2.75) is 24.7 Å². The third-order valence-electron chi connectivity index (χ3n) is 1.89. The molecule has 0 atom stereocenters. The van der Waals surface area contributed by atoms with Crippen LogP contribution in [-0.2, 0) is 18.0 Å². The van der Waals surface area contributed by atoms with E-state index >= 15 is 0 Å². The van der Waals surface area contributed by atoms with Crippen LogP contribution in [0.3, 0.4) is 0 Å². The third kappa shape index (κ3) is 8.91. The van der Waals surface area contributed by atoms with E-state index in [0.717, 1.165) is 0 Å². The Bertz CT molecular complexity index is 568. The molecule has 0 saturated carbocycles. The van der Waals surface area contributed by atoms with Gasteiger partial charge in [0.05, 0.1) is 0 Å². The summed E-state index contributed by atoms with van der Waals surface area (Å²) in [6, 6.07) is 0. The molecule has 0 aromatic carbocycles. The molecule has 4 nitrogen and oxygen atoms in total. The van der Waals surface area contributed by atoms with Crippen LogP contribution in [0.2, 0.25) is 0 Å². The Hall–Kier alpha value is -2.07. The number of allylic oxidation sites excluding steroid dienone is 4. The Labute approximate surface area is 144 Å². The number of hydrogen-bond acceptors (Lipinski definition) is 5. The van der Waals surface area contributed by atoms with Crippen molar-refractivity contribution in [1.82, 2.24) is 0 Å². The zero-order valence-corrected chi connectivity index (χ0v) is 12.5. The summed E-state index contributed by atoms with van der Waals surface area (Å²) in [6.07, 6.45) is -25.6. The van der Waals surface area contributed by atoms with Crippen LogP contribution in [0, 0.1) is 0 Å². The molecular weight excluding hydrogens is 444 g/mol. The molecule has 0 N–H and O–H groups in total. The normalized spacial score (nSPS) is 14.8. The molecule has 0 aliphatic rings. The van der Waals surface area contributed by atoms with E-state index < -0.39 is 72.3 Å². The SMILES string of the molecule is O=C(/C=C(\OSO/C(=C\C(=O)C(F)(F)F)C(F)(F)F)C(F)(F)F)C(F)(F)F. The van der Waals surface area contributed by atoms with E-state index in [1.165, 1.54) is 0 Å². The van der Waals surface area contributed by atoms with Crippen LogP contribution in [0.25, 0.3) is 0 Å². The van der Waals surface area contributed by atoms with Crippen LogP contribution in [0.1, 0.15) is 0 Å². The highest BCUT2D eigenvalue weighted by atomic mass is 32.2. The van der Waals surface area contributed by atoms with E-state index in [1.807, 2.05) is 0 Å². The van der Waals surface area contributed by atoms with Gasteiger partial charge >= 0.3 is 24.7 Å². The Morgan fingerprint density at radius 1 is 0.556 bits per heavy atom. The summed E-state index contributed by atoms with van der Waals surface area (Å²) in [5.41, 5.74) is 0. The van der Waals surface area contributed by atoms with Crippen molar-refractivity contribution in [2.75, 3.05) is 0 Å². The average molecular weight is 446 g/mol. The van der Waals surface area contributed by atoms with Crippen molar-refractivity contribution in [2.24, 2.45) is 0 Å². The van der Waals surface area contributed by atoms with Crippen molar-refractivity contribution < 1.29 is 70.6 Å². The molecule has 0 radical (unpaired) electrons. The van der Waals surface area contributed by atoms with Crippen molar-refractivity contribution >= 4 is 23.9 Å². The largest absolute Gasteiger partial charge is 0.454 e. The van der Waals surface area contributed by atoms with Gasteiger partial charge in [0, 0.05) is 12.2 Å². The lowest BCUT2D eigenvalue weighted by atomic mass is 10.3. The van der Waals surface area contributed by atoms with Crippen LogP contribution in [0.5, 0.6) is 0 Å². The number of ketones is 2. The summed E-state index contributed by atoms with van der Waals surface area (Å²) < 4.78 is 152. The summed E-state index contributed by atoms with van der Waals surface area (Å²) in [7, 11) is 0. The highest BCUT2D eigenvalue weighted by Crippen LogP contribution is 2.35. The Morgan fingerprint density at radius 2 is 0.815 bits per heavy atom. The zero-order valence-electron chi connectivity index (χ0n) is 11.7. The first kappa shape index (κ1) is 24.9. The van der Waals surface area contributed by atoms with Gasteiger partial charge in [0.15, 0.2) is 0 Å². The van der Waals surface area contributed by atoms with Gasteiger partial charge in [-0.05, 0) is 0 Å². The lowest BCUT2D eigenvalue weighted by Crippen LogP contribution is -2.24. The van der Waals surface area contributed by atoms with Crippen LogP contribution in [-0.4, -0.2) is 36.3 Å². The van der Waals surface area contributed by atoms with Crippen LogP contribution in [0.15, 0.2) is 23.7 Å². The summed E-state index contributed by atoms with van der Waals surface area (Å²) >= 11 is -1.39. The molecule has 0 aliphatic heterocycles. The molecule has 0 fully saturated rings. The van der Waals surface area contributed by atoms with Crippen LogP contribution < -0.4 is 0 Å². The molecule has 0 unspecified atom stereocenters. The average Bonchev–Trinajstić information content (AvgIpc) is 2.40. The predicted octanol–water partition coefficient (Wildman–Crippen LogP) is 4.74. The molecule has 27 heavy (non-hydrogen) atoms. The molecule has 17 heteroatoms. The summed E-state index contributed by atoms with van der Waals surface area (Å²) in [5.74, 6) is -11.8. The van der Waals surface area contributed by atoms with Gasteiger partial charge < -0.3 is 8.37 Å². The summed E-state index contributed by atoms with van der Waals surface area (Å²) in [4.78, 5) is 20.9. The smallest absolute Gasteiger partial charge is 0.386 e. The highest BCUT2D eigenvalue weighted by molar-refractivity contribution is 7.90. The fourth-order valence-electron chi connectivity index (χ4n) is 0.798. The first-order valence-electron chi connectivity index (χ1n) is 5.57. The zero-order chi connectivity index (χ0) is 21.8. The highest BCUT2D eigenvalue weighted by Gasteiger charge is 2.45. The molecule has 0 saturated heterocycles. The van der Waals surface area contributed by atoms with Crippen molar-refractivity contribution in [3.63, 3.8) is 0 Å². The van der Waals surface area contributed by atoms with Gasteiger partial charge in [-0.3, -0.25) is 9.59 Å². The second kappa shape index (κ2) is 8.30. The Balaban J connectivity index is 5.43. The first-order chi connectivity index (χ1) is 11.8. The number of rotatable bonds is 6. The fraction of sp³-hybridized carbons (Fsp3) is 0.400. The number of alkyl halides is 12. The van der Waals surface area contributed by atoms with E-state index in [9.17, 15) is 62.3 Å². The van der Waals surface area contributed by atoms with Gasteiger partial charge in [0.25, 0.3) is 23.9 Å². The summed E-state index contributed by atoms with van der Waals surface area (Å²) in [6.45, 7) is 0. The molecular formula is C10H2F12O4S. The van der Waals surface area contributed by atoms with E-state index in [1.54, 1.807) is 0 Å². The molecule has 0 spiro atoms. The molecule has 156 valence electrons. The Kier molecular flexibility index (Phi) is 7.67. The molecule has 0 aromatic rings. The minimum Gasteiger partial charge on any atom is -0.386 e. The third-order valence-corrected chi connectivity index (χ3v) is 2.38. The maximum atomic E-state index is 12.4. The fourth-order valence-corrected chi connectivity index (χ4v) is 1.26. The minimum absolute atomic E-state index is 1.17.